The van der Waals surface area contributed by atoms with Crippen LogP contribution in [0, 0.1) is 56.2 Å². The Bertz CT molecular complexity index is 895. The van der Waals surface area contributed by atoms with Crippen LogP contribution in [0.1, 0.15) is 38.9 Å². The predicted octanol–water partition coefficient (Wildman–Crippen LogP) is 3.45. The predicted molar refractivity (Wildman–Crippen MR) is 94.1 cm³/mol. The van der Waals surface area contributed by atoms with Gasteiger partial charge in [0.1, 0.15) is 11.9 Å². The zero-order valence-electron chi connectivity index (χ0n) is 15.4. The summed E-state index contributed by atoms with van der Waals surface area (Å²) in [5.74, 6) is -1.84. The number of para-hydroxylation sites is 1. The average Bonchev–Trinajstić information content (AvgIpc) is 2.85. The lowest BCUT2D eigenvalue weighted by Gasteiger charge is -2.48. The highest BCUT2D eigenvalue weighted by Crippen LogP contribution is 2.67. The largest absolute Gasteiger partial charge is 0.493 e. The molecule has 2 aliphatic heterocycles. The van der Waals surface area contributed by atoms with Crippen LogP contribution >= 0.6 is 0 Å². The van der Waals surface area contributed by atoms with E-state index in [0.29, 0.717) is 24.3 Å². The van der Waals surface area contributed by atoms with E-state index in [1.807, 2.05) is 26.0 Å². The van der Waals surface area contributed by atoms with Crippen molar-refractivity contribution in [2.24, 2.45) is 16.7 Å². The van der Waals surface area contributed by atoms with Crippen LogP contribution < -0.4 is 4.74 Å². The standard InChI is InChI=1S/C20H20N4O3/c1-4-15-18(3)26-16(13-8-6-7-9-14(13)25-5-2)19(10-21,11-22)20(15,12-23)17(24)27-18/h6-9,15-16,24H,4-5H2,1-3H3. The van der Waals surface area contributed by atoms with E-state index in [9.17, 15) is 15.8 Å². The highest BCUT2D eigenvalue weighted by Gasteiger charge is 2.79. The summed E-state index contributed by atoms with van der Waals surface area (Å²) in [7, 11) is 0. The molecule has 7 nitrogen and oxygen atoms in total. The monoisotopic (exact) mass is 364 g/mol. The van der Waals surface area contributed by atoms with Gasteiger partial charge in [-0.05, 0) is 19.4 Å². The van der Waals surface area contributed by atoms with E-state index in [2.05, 4.69) is 6.07 Å². The van der Waals surface area contributed by atoms with Crippen LogP contribution in [0.15, 0.2) is 24.3 Å². The van der Waals surface area contributed by atoms with Gasteiger partial charge in [-0.15, -0.1) is 0 Å². The van der Waals surface area contributed by atoms with Gasteiger partial charge in [0.2, 0.25) is 17.1 Å². The number of fused-ring (bicyclic) bond motifs is 2. The van der Waals surface area contributed by atoms with E-state index in [-0.39, 0.29) is 5.90 Å². The molecule has 0 saturated carbocycles. The fourth-order valence-corrected chi connectivity index (χ4v) is 4.49. The summed E-state index contributed by atoms with van der Waals surface area (Å²) < 4.78 is 17.5. The summed E-state index contributed by atoms with van der Waals surface area (Å²) in [5, 5.41) is 38.8. The number of hydrogen-bond donors (Lipinski definition) is 1. The molecule has 0 spiro atoms. The first kappa shape index (κ1) is 18.7. The van der Waals surface area contributed by atoms with E-state index < -0.39 is 28.6 Å². The van der Waals surface area contributed by atoms with E-state index in [0.717, 1.165) is 0 Å². The Hall–Kier alpha value is -3.08. The Morgan fingerprint density at radius 2 is 1.81 bits per heavy atom. The number of nitrogens with one attached hydrogen (secondary N) is 1. The van der Waals surface area contributed by atoms with Crippen molar-refractivity contribution in [3.8, 4) is 24.0 Å². The molecule has 0 radical (unpaired) electrons. The Balaban J connectivity index is 2.33. The summed E-state index contributed by atoms with van der Waals surface area (Å²) in [4.78, 5) is 0. The lowest BCUT2D eigenvalue weighted by atomic mass is 9.53. The number of rotatable bonds is 4. The van der Waals surface area contributed by atoms with Crippen LogP contribution in [0.4, 0.5) is 0 Å². The van der Waals surface area contributed by atoms with Crippen molar-refractivity contribution in [1.82, 2.24) is 0 Å². The summed E-state index contributed by atoms with van der Waals surface area (Å²) >= 11 is 0. The third-order valence-corrected chi connectivity index (χ3v) is 5.62. The van der Waals surface area contributed by atoms with Crippen molar-refractivity contribution in [3.63, 3.8) is 0 Å². The molecule has 1 aromatic rings. The third-order valence-electron chi connectivity index (χ3n) is 5.62. The first-order valence-corrected chi connectivity index (χ1v) is 8.82. The molecule has 27 heavy (non-hydrogen) atoms. The first-order chi connectivity index (χ1) is 12.9. The van der Waals surface area contributed by atoms with Gasteiger partial charge < -0.3 is 14.2 Å². The molecule has 1 aromatic carbocycles. The van der Waals surface area contributed by atoms with Gasteiger partial charge in [0.25, 0.3) is 0 Å². The molecule has 138 valence electrons. The smallest absolute Gasteiger partial charge is 0.214 e. The van der Waals surface area contributed by atoms with Crippen molar-refractivity contribution in [1.29, 1.82) is 21.2 Å². The minimum Gasteiger partial charge on any atom is -0.493 e. The van der Waals surface area contributed by atoms with Gasteiger partial charge >= 0.3 is 0 Å². The molecular weight excluding hydrogens is 344 g/mol. The van der Waals surface area contributed by atoms with E-state index in [1.165, 1.54) is 0 Å². The van der Waals surface area contributed by atoms with E-state index >= 15 is 0 Å². The van der Waals surface area contributed by atoms with E-state index in [1.54, 1.807) is 31.2 Å². The number of nitriles is 3. The van der Waals surface area contributed by atoms with E-state index in [4.69, 9.17) is 19.6 Å². The summed E-state index contributed by atoms with van der Waals surface area (Å²) in [6.45, 7) is 5.70. The van der Waals surface area contributed by atoms with Crippen molar-refractivity contribution < 1.29 is 14.2 Å². The molecule has 0 amide bonds. The normalized spacial score (nSPS) is 33.3. The molecule has 1 N–H and O–H groups in total. The quantitative estimate of drug-likeness (QED) is 0.873. The van der Waals surface area contributed by atoms with Gasteiger partial charge in [-0.1, -0.05) is 25.1 Å². The molecule has 4 unspecified atom stereocenters. The molecule has 2 fully saturated rings. The number of nitrogens with zero attached hydrogens (tertiary/aromatic N) is 3. The lowest BCUT2D eigenvalue weighted by Crippen LogP contribution is -2.58. The van der Waals surface area contributed by atoms with Gasteiger partial charge in [-0.3, -0.25) is 5.41 Å². The second-order valence-electron chi connectivity index (χ2n) is 6.83. The number of hydrogen-bond acceptors (Lipinski definition) is 7. The van der Waals surface area contributed by atoms with Crippen LogP contribution in [0.2, 0.25) is 0 Å². The Kier molecular flexibility index (Phi) is 4.34. The fourth-order valence-electron chi connectivity index (χ4n) is 4.49. The summed E-state index contributed by atoms with van der Waals surface area (Å²) in [6.07, 6.45) is -0.692. The van der Waals surface area contributed by atoms with Gasteiger partial charge in [-0.2, -0.15) is 15.8 Å². The van der Waals surface area contributed by atoms with Gasteiger partial charge in [0.05, 0.1) is 30.7 Å². The van der Waals surface area contributed by atoms with Crippen molar-refractivity contribution >= 4 is 5.90 Å². The number of ether oxygens (including phenoxy) is 3. The molecule has 2 heterocycles. The molecule has 2 bridgehead atoms. The summed E-state index contributed by atoms with van der Waals surface area (Å²) in [5.41, 5.74) is -3.20. The van der Waals surface area contributed by atoms with Crippen LogP contribution in [0.3, 0.4) is 0 Å². The maximum atomic E-state index is 10.1. The van der Waals surface area contributed by atoms with Crippen molar-refractivity contribution in [3.05, 3.63) is 29.8 Å². The fraction of sp³-hybridized carbons (Fsp3) is 0.500. The van der Waals surface area contributed by atoms with Gasteiger partial charge in [-0.25, -0.2) is 0 Å². The van der Waals surface area contributed by atoms with Gasteiger partial charge in [0.15, 0.2) is 5.41 Å². The maximum Gasteiger partial charge on any atom is 0.214 e. The molecule has 2 saturated heterocycles. The zero-order chi connectivity index (χ0) is 19.9. The Morgan fingerprint density at radius 1 is 1.15 bits per heavy atom. The molecule has 4 atom stereocenters. The second kappa shape index (κ2) is 6.27. The van der Waals surface area contributed by atoms with Crippen LogP contribution in [-0.4, -0.2) is 18.3 Å². The number of benzene rings is 1. The Labute approximate surface area is 158 Å². The molecule has 0 aliphatic carbocycles. The minimum absolute atomic E-state index is 0.389. The first-order valence-electron chi connectivity index (χ1n) is 8.82. The zero-order valence-corrected chi connectivity index (χ0v) is 15.4. The molecule has 7 heteroatoms. The lowest BCUT2D eigenvalue weighted by molar-refractivity contribution is -0.273. The topological polar surface area (TPSA) is 123 Å². The highest BCUT2D eigenvalue weighted by atomic mass is 16.7. The Morgan fingerprint density at radius 3 is 2.37 bits per heavy atom. The SMILES string of the molecule is CCOc1ccccc1C1OC2(C)OC(=N)C(C#N)(C2CC)C1(C#N)C#N. The molecule has 2 aliphatic rings. The minimum atomic E-state index is -1.96. The van der Waals surface area contributed by atoms with Crippen LogP contribution in [0.5, 0.6) is 5.75 Å². The molecule has 0 aromatic heterocycles. The highest BCUT2D eigenvalue weighted by molar-refractivity contribution is 5.89. The van der Waals surface area contributed by atoms with Crippen LogP contribution in [-0.2, 0) is 9.47 Å². The third kappa shape index (κ3) is 2.11. The van der Waals surface area contributed by atoms with Crippen molar-refractivity contribution in [2.75, 3.05) is 6.61 Å². The van der Waals surface area contributed by atoms with Crippen molar-refractivity contribution in [2.45, 2.75) is 39.1 Å². The van der Waals surface area contributed by atoms with Gasteiger partial charge in [0, 0.05) is 12.5 Å². The molecular formula is C20H20N4O3. The van der Waals surface area contributed by atoms with Crippen LogP contribution in [0.25, 0.3) is 0 Å². The maximum absolute atomic E-state index is 10.1. The summed E-state index contributed by atoms with van der Waals surface area (Å²) in [6, 6.07) is 13.1. The second-order valence-corrected chi connectivity index (χ2v) is 6.83. The average molecular weight is 364 g/mol. The molecule has 3 rings (SSSR count).